The fourth-order valence-electron chi connectivity index (χ4n) is 3.22. The largest absolute Gasteiger partial charge is 0.490 e. The second-order valence-electron chi connectivity index (χ2n) is 7.17. The van der Waals surface area contributed by atoms with E-state index in [1.807, 2.05) is 43.3 Å². The van der Waals surface area contributed by atoms with Gasteiger partial charge in [-0.3, -0.25) is 4.90 Å². The molecule has 0 radical (unpaired) electrons. The van der Waals surface area contributed by atoms with E-state index in [0.717, 1.165) is 38.4 Å². The molecule has 2 aromatic rings. The van der Waals surface area contributed by atoms with Crippen molar-refractivity contribution in [1.29, 1.82) is 5.26 Å². The number of ether oxygens (including phenoxy) is 4. The first-order chi connectivity index (χ1) is 15.7. The summed E-state index contributed by atoms with van der Waals surface area (Å²) >= 11 is 0. The van der Waals surface area contributed by atoms with Gasteiger partial charge in [-0.2, -0.15) is 5.26 Å². The minimum absolute atomic E-state index is 0.0793. The molecule has 0 unspecified atom stereocenters. The van der Waals surface area contributed by atoms with Gasteiger partial charge in [-0.25, -0.2) is 4.79 Å². The molecule has 0 N–H and O–H groups in total. The Labute approximate surface area is 188 Å². The number of carbonyl (C=O) groups is 1. The maximum Gasteiger partial charge on any atom is 0.349 e. The molecule has 1 heterocycles. The molecule has 2 aromatic carbocycles. The van der Waals surface area contributed by atoms with Crippen molar-refractivity contribution >= 4 is 12.0 Å². The summed E-state index contributed by atoms with van der Waals surface area (Å²) in [4.78, 5) is 14.6. The number of nitriles is 1. The SMILES string of the molecule is CCOc1cc(C=C(C#N)C(=O)OCc2ccccc2)ccc1OCCN1CCOCC1. The summed E-state index contributed by atoms with van der Waals surface area (Å²) in [6.07, 6.45) is 1.49. The maximum absolute atomic E-state index is 12.3. The number of hydrogen-bond acceptors (Lipinski definition) is 7. The Balaban J connectivity index is 1.63. The average molecular weight is 437 g/mol. The zero-order valence-corrected chi connectivity index (χ0v) is 18.3. The Morgan fingerprint density at radius 3 is 2.62 bits per heavy atom. The molecule has 0 aromatic heterocycles. The van der Waals surface area contributed by atoms with E-state index in [1.165, 1.54) is 6.08 Å². The van der Waals surface area contributed by atoms with E-state index < -0.39 is 5.97 Å². The van der Waals surface area contributed by atoms with Crippen molar-refractivity contribution in [3.8, 4) is 17.6 Å². The van der Waals surface area contributed by atoms with Gasteiger partial charge in [0, 0.05) is 19.6 Å². The fraction of sp³-hybridized carbons (Fsp3) is 0.360. The van der Waals surface area contributed by atoms with Gasteiger partial charge < -0.3 is 18.9 Å². The molecule has 7 heteroatoms. The van der Waals surface area contributed by atoms with Crippen LogP contribution in [0, 0.1) is 11.3 Å². The quantitative estimate of drug-likeness (QED) is 0.321. The van der Waals surface area contributed by atoms with Crippen LogP contribution in [0.4, 0.5) is 0 Å². The molecule has 0 aliphatic carbocycles. The monoisotopic (exact) mass is 436 g/mol. The van der Waals surface area contributed by atoms with E-state index in [1.54, 1.807) is 18.2 Å². The van der Waals surface area contributed by atoms with Crippen molar-refractivity contribution in [1.82, 2.24) is 4.90 Å². The zero-order chi connectivity index (χ0) is 22.6. The summed E-state index contributed by atoms with van der Waals surface area (Å²) in [5.41, 5.74) is 1.43. The summed E-state index contributed by atoms with van der Waals surface area (Å²) in [6, 6.07) is 16.6. The van der Waals surface area contributed by atoms with Crippen LogP contribution in [0.2, 0.25) is 0 Å². The number of esters is 1. The van der Waals surface area contributed by atoms with Crippen molar-refractivity contribution in [3.05, 3.63) is 65.2 Å². The van der Waals surface area contributed by atoms with E-state index in [4.69, 9.17) is 18.9 Å². The summed E-state index contributed by atoms with van der Waals surface area (Å²) in [6.45, 7) is 7.12. The summed E-state index contributed by atoms with van der Waals surface area (Å²) in [7, 11) is 0. The smallest absolute Gasteiger partial charge is 0.349 e. The Morgan fingerprint density at radius 1 is 1.12 bits per heavy atom. The molecular formula is C25H28N2O5. The average Bonchev–Trinajstić information content (AvgIpc) is 2.83. The van der Waals surface area contributed by atoms with Crippen molar-refractivity contribution < 1.29 is 23.7 Å². The van der Waals surface area contributed by atoms with E-state index in [0.29, 0.717) is 30.3 Å². The van der Waals surface area contributed by atoms with Crippen LogP contribution in [-0.4, -0.2) is 56.9 Å². The molecule has 1 aliphatic heterocycles. The van der Waals surface area contributed by atoms with Gasteiger partial charge in [0.2, 0.25) is 0 Å². The number of rotatable bonds is 10. The minimum Gasteiger partial charge on any atom is -0.490 e. The predicted molar refractivity (Wildman–Crippen MR) is 120 cm³/mol. The summed E-state index contributed by atoms with van der Waals surface area (Å²) in [5, 5.41) is 9.43. The Kier molecular flexibility index (Phi) is 9.11. The highest BCUT2D eigenvalue weighted by Gasteiger charge is 2.14. The molecule has 1 aliphatic rings. The van der Waals surface area contributed by atoms with Crippen molar-refractivity contribution in [2.24, 2.45) is 0 Å². The number of morpholine rings is 1. The van der Waals surface area contributed by atoms with Crippen LogP contribution in [0.5, 0.6) is 11.5 Å². The van der Waals surface area contributed by atoms with E-state index in [-0.39, 0.29) is 12.2 Å². The third kappa shape index (κ3) is 7.12. The lowest BCUT2D eigenvalue weighted by atomic mass is 10.1. The molecule has 168 valence electrons. The van der Waals surface area contributed by atoms with Crippen LogP contribution >= 0.6 is 0 Å². The van der Waals surface area contributed by atoms with Crippen LogP contribution in [0.25, 0.3) is 6.08 Å². The van der Waals surface area contributed by atoms with Crippen LogP contribution < -0.4 is 9.47 Å². The molecule has 0 atom stereocenters. The van der Waals surface area contributed by atoms with Crippen molar-refractivity contribution in [2.75, 3.05) is 46.1 Å². The lowest BCUT2D eigenvalue weighted by Crippen LogP contribution is -2.38. The predicted octanol–water partition coefficient (Wildman–Crippen LogP) is 3.45. The Morgan fingerprint density at radius 2 is 1.91 bits per heavy atom. The van der Waals surface area contributed by atoms with Gasteiger partial charge in [0.25, 0.3) is 0 Å². The number of hydrogen-bond donors (Lipinski definition) is 0. The molecule has 7 nitrogen and oxygen atoms in total. The van der Waals surface area contributed by atoms with Gasteiger partial charge in [-0.1, -0.05) is 36.4 Å². The molecule has 0 saturated carbocycles. The minimum atomic E-state index is -0.667. The first-order valence-corrected chi connectivity index (χ1v) is 10.7. The van der Waals surface area contributed by atoms with Gasteiger partial charge in [-0.15, -0.1) is 0 Å². The third-order valence-corrected chi connectivity index (χ3v) is 4.90. The number of carbonyl (C=O) groups excluding carboxylic acids is 1. The number of benzene rings is 2. The van der Waals surface area contributed by atoms with Crippen molar-refractivity contribution in [2.45, 2.75) is 13.5 Å². The first kappa shape index (κ1) is 23.3. The standard InChI is InChI=1S/C25H28N2O5/c1-2-30-24-17-21(8-9-23(24)31-15-12-27-10-13-29-14-11-27)16-22(18-26)25(28)32-19-20-6-4-3-5-7-20/h3-9,16-17H,2,10-15,19H2,1H3. The van der Waals surface area contributed by atoms with Gasteiger partial charge in [0.15, 0.2) is 11.5 Å². The fourth-order valence-corrected chi connectivity index (χ4v) is 3.22. The second-order valence-corrected chi connectivity index (χ2v) is 7.17. The molecule has 0 spiro atoms. The van der Waals surface area contributed by atoms with Crippen LogP contribution in [0.3, 0.4) is 0 Å². The van der Waals surface area contributed by atoms with E-state index >= 15 is 0 Å². The molecular weight excluding hydrogens is 408 g/mol. The topological polar surface area (TPSA) is 81.0 Å². The summed E-state index contributed by atoms with van der Waals surface area (Å²) in [5.74, 6) is 0.528. The van der Waals surface area contributed by atoms with Crippen molar-refractivity contribution in [3.63, 3.8) is 0 Å². The van der Waals surface area contributed by atoms with E-state index in [2.05, 4.69) is 4.90 Å². The highest BCUT2D eigenvalue weighted by Crippen LogP contribution is 2.29. The zero-order valence-electron chi connectivity index (χ0n) is 18.3. The third-order valence-electron chi connectivity index (χ3n) is 4.90. The second kappa shape index (κ2) is 12.5. The molecule has 32 heavy (non-hydrogen) atoms. The first-order valence-electron chi connectivity index (χ1n) is 10.7. The van der Waals surface area contributed by atoms with Gasteiger partial charge in [0.1, 0.15) is 24.9 Å². The lowest BCUT2D eigenvalue weighted by Gasteiger charge is -2.26. The molecule has 1 fully saturated rings. The van der Waals surface area contributed by atoms with Gasteiger partial charge in [-0.05, 0) is 36.3 Å². The molecule has 3 rings (SSSR count). The highest BCUT2D eigenvalue weighted by molar-refractivity contribution is 5.97. The van der Waals surface area contributed by atoms with Gasteiger partial charge >= 0.3 is 5.97 Å². The highest BCUT2D eigenvalue weighted by atomic mass is 16.5. The summed E-state index contributed by atoms with van der Waals surface area (Å²) < 4.78 is 22.3. The van der Waals surface area contributed by atoms with Crippen LogP contribution in [0.15, 0.2) is 54.1 Å². The van der Waals surface area contributed by atoms with E-state index in [9.17, 15) is 10.1 Å². The number of nitrogens with zero attached hydrogens (tertiary/aromatic N) is 2. The lowest BCUT2D eigenvalue weighted by molar-refractivity contribution is -0.139. The Bertz CT molecular complexity index is 947. The molecule has 0 bridgehead atoms. The maximum atomic E-state index is 12.3. The van der Waals surface area contributed by atoms with Crippen LogP contribution in [0.1, 0.15) is 18.1 Å². The molecule has 0 amide bonds. The van der Waals surface area contributed by atoms with Crippen LogP contribution in [-0.2, 0) is 20.9 Å². The normalized spacial score (nSPS) is 14.4. The Hall–Kier alpha value is -3.34. The molecule has 1 saturated heterocycles. The van der Waals surface area contributed by atoms with Gasteiger partial charge in [0.05, 0.1) is 19.8 Å².